The highest BCUT2D eigenvalue weighted by Crippen LogP contribution is 2.39. The van der Waals surface area contributed by atoms with Gasteiger partial charge in [0.25, 0.3) is 5.89 Å². The highest BCUT2D eigenvalue weighted by molar-refractivity contribution is 5.70. The van der Waals surface area contributed by atoms with Crippen LogP contribution in [-0.4, -0.2) is 28.2 Å². The predicted molar refractivity (Wildman–Crippen MR) is 79.9 cm³/mol. The molecule has 2 aromatic rings. The van der Waals surface area contributed by atoms with Crippen molar-refractivity contribution in [3.8, 4) is 11.5 Å². The molecular weight excluding hydrogens is 264 g/mol. The summed E-state index contributed by atoms with van der Waals surface area (Å²) >= 11 is 0. The van der Waals surface area contributed by atoms with Crippen molar-refractivity contribution >= 4 is 5.82 Å². The van der Waals surface area contributed by atoms with Crippen molar-refractivity contribution in [1.29, 1.82) is 0 Å². The molecule has 4 rings (SSSR count). The molecule has 2 aromatic heterocycles. The lowest BCUT2D eigenvalue weighted by atomic mass is 9.82. The zero-order valence-electron chi connectivity index (χ0n) is 12.3. The zero-order valence-corrected chi connectivity index (χ0v) is 12.3. The smallest absolute Gasteiger partial charge is 0.261 e. The summed E-state index contributed by atoms with van der Waals surface area (Å²) in [6.07, 6.45) is 7.34. The number of pyridine rings is 1. The number of fused-ring (bicyclic) bond motifs is 1. The summed E-state index contributed by atoms with van der Waals surface area (Å²) in [6.45, 7) is 4.07. The van der Waals surface area contributed by atoms with E-state index in [1.807, 2.05) is 25.3 Å². The van der Waals surface area contributed by atoms with Crippen molar-refractivity contribution in [3.63, 3.8) is 0 Å². The average molecular weight is 284 g/mol. The van der Waals surface area contributed by atoms with Crippen LogP contribution in [0, 0.1) is 18.8 Å². The summed E-state index contributed by atoms with van der Waals surface area (Å²) in [5.74, 6) is 3.90. The monoisotopic (exact) mass is 284 g/mol. The first kappa shape index (κ1) is 12.8. The first-order valence-electron chi connectivity index (χ1n) is 7.82. The van der Waals surface area contributed by atoms with Gasteiger partial charge in [-0.05, 0) is 43.7 Å². The van der Waals surface area contributed by atoms with Gasteiger partial charge in [-0.2, -0.15) is 4.98 Å². The molecule has 0 bridgehead atoms. The Kier molecular flexibility index (Phi) is 3.13. The van der Waals surface area contributed by atoms with Crippen molar-refractivity contribution in [2.45, 2.75) is 32.6 Å². The SMILES string of the molecule is Cc1noc(-c2cccnc2N2C[C@H]3CCCC[C@H]3C2)n1. The highest BCUT2D eigenvalue weighted by atomic mass is 16.5. The van der Waals surface area contributed by atoms with E-state index in [0.29, 0.717) is 11.7 Å². The van der Waals surface area contributed by atoms with E-state index in [1.165, 1.54) is 25.7 Å². The fourth-order valence-corrected chi connectivity index (χ4v) is 3.80. The lowest BCUT2D eigenvalue weighted by Crippen LogP contribution is -2.21. The second-order valence-electron chi connectivity index (χ2n) is 6.23. The van der Waals surface area contributed by atoms with Crippen molar-refractivity contribution in [1.82, 2.24) is 15.1 Å². The molecule has 2 aliphatic rings. The Morgan fingerprint density at radius 3 is 2.62 bits per heavy atom. The lowest BCUT2D eigenvalue weighted by molar-refractivity contribution is 0.299. The van der Waals surface area contributed by atoms with E-state index in [0.717, 1.165) is 36.3 Å². The fraction of sp³-hybridized carbons (Fsp3) is 0.562. The van der Waals surface area contributed by atoms with E-state index in [9.17, 15) is 0 Å². The summed E-state index contributed by atoms with van der Waals surface area (Å²) in [4.78, 5) is 11.4. The molecule has 1 saturated carbocycles. The van der Waals surface area contributed by atoms with Crippen LogP contribution in [0.25, 0.3) is 11.5 Å². The molecule has 0 N–H and O–H groups in total. The molecule has 5 nitrogen and oxygen atoms in total. The van der Waals surface area contributed by atoms with Crippen LogP contribution in [0.1, 0.15) is 31.5 Å². The maximum absolute atomic E-state index is 5.34. The van der Waals surface area contributed by atoms with Crippen LogP contribution in [-0.2, 0) is 0 Å². The van der Waals surface area contributed by atoms with Crippen molar-refractivity contribution in [2.75, 3.05) is 18.0 Å². The first-order chi connectivity index (χ1) is 10.3. The third-order valence-corrected chi connectivity index (χ3v) is 4.82. The van der Waals surface area contributed by atoms with E-state index < -0.39 is 0 Å². The summed E-state index contributed by atoms with van der Waals surface area (Å²) in [5, 5.41) is 3.90. The van der Waals surface area contributed by atoms with Gasteiger partial charge in [0.05, 0.1) is 5.56 Å². The Hall–Kier alpha value is -1.91. The van der Waals surface area contributed by atoms with Crippen LogP contribution in [0.15, 0.2) is 22.9 Å². The number of anilines is 1. The second kappa shape index (κ2) is 5.13. The van der Waals surface area contributed by atoms with Gasteiger partial charge in [-0.3, -0.25) is 0 Å². The van der Waals surface area contributed by atoms with Gasteiger partial charge in [-0.15, -0.1) is 0 Å². The van der Waals surface area contributed by atoms with E-state index in [1.54, 1.807) is 0 Å². The number of aryl methyl sites for hydroxylation is 1. The van der Waals surface area contributed by atoms with Gasteiger partial charge in [0.1, 0.15) is 5.82 Å². The van der Waals surface area contributed by atoms with Crippen molar-refractivity contribution < 1.29 is 4.52 Å². The highest BCUT2D eigenvalue weighted by Gasteiger charge is 2.35. The number of hydrogen-bond donors (Lipinski definition) is 0. The minimum absolute atomic E-state index is 0.575. The quantitative estimate of drug-likeness (QED) is 0.848. The van der Waals surface area contributed by atoms with Crippen molar-refractivity contribution in [3.05, 3.63) is 24.2 Å². The largest absolute Gasteiger partial charge is 0.355 e. The van der Waals surface area contributed by atoms with Gasteiger partial charge in [0.15, 0.2) is 5.82 Å². The number of rotatable bonds is 2. The molecule has 0 aromatic carbocycles. The number of aromatic nitrogens is 3. The Labute approximate surface area is 124 Å². The zero-order chi connectivity index (χ0) is 14.2. The lowest BCUT2D eigenvalue weighted by Gasteiger charge is -2.22. The summed E-state index contributed by atoms with van der Waals surface area (Å²) in [6, 6.07) is 3.96. The van der Waals surface area contributed by atoms with Gasteiger partial charge in [0, 0.05) is 19.3 Å². The average Bonchev–Trinajstić information content (AvgIpc) is 3.13. The molecule has 21 heavy (non-hydrogen) atoms. The molecule has 5 heteroatoms. The van der Waals surface area contributed by atoms with Gasteiger partial charge in [0.2, 0.25) is 0 Å². The third kappa shape index (κ3) is 2.30. The van der Waals surface area contributed by atoms with Crippen LogP contribution >= 0.6 is 0 Å². The third-order valence-electron chi connectivity index (χ3n) is 4.82. The molecule has 2 fully saturated rings. The molecule has 1 saturated heterocycles. The molecule has 2 atom stereocenters. The minimum Gasteiger partial charge on any atom is -0.355 e. The maximum atomic E-state index is 5.34. The van der Waals surface area contributed by atoms with Crippen LogP contribution < -0.4 is 4.90 Å². The molecule has 0 radical (unpaired) electrons. The molecule has 0 spiro atoms. The van der Waals surface area contributed by atoms with E-state index in [2.05, 4.69) is 20.0 Å². The van der Waals surface area contributed by atoms with Crippen molar-refractivity contribution in [2.24, 2.45) is 11.8 Å². The number of nitrogens with zero attached hydrogens (tertiary/aromatic N) is 4. The molecule has 0 amide bonds. The topological polar surface area (TPSA) is 55.1 Å². The molecule has 1 aliphatic carbocycles. The van der Waals surface area contributed by atoms with E-state index in [4.69, 9.17) is 4.52 Å². The second-order valence-corrected chi connectivity index (χ2v) is 6.23. The molecule has 3 heterocycles. The van der Waals surface area contributed by atoms with Crippen LogP contribution in [0.2, 0.25) is 0 Å². The van der Waals surface area contributed by atoms with E-state index in [-0.39, 0.29) is 0 Å². The Balaban J connectivity index is 1.66. The van der Waals surface area contributed by atoms with Gasteiger partial charge in [-0.25, -0.2) is 4.98 Å². The summed E-state index contributed by atoms with van der Waals surface area (Å²) in [7, 11) is 0. The first-order valence-corrected chi connectivity index (χ1v) is 7.82. The Morgan fingerprint density at radius 2 is 1.95 bits per heavy atom. The van der Waals surface area contributed by atoms with Gasteiger partial charge >= 0.3 is 0 Å². The fourth-order valence-electron chi connectivity index (χ4n) is 3.80. The van der Waals surface area contributed by atoms with Gasteiger partial charge in [-0.1, -0.05) is 18.0 Å². The molecule has 110 valence electrons. The summed E-state index contributed by atoms with van der Waals surface area (Å²) in [5.41, 5.74) is 0.955. The Morgan fingerprint density at radius 1 is 1.19 bits per heavy atom. The normalized spacial score (nSPS) is 25.1. The molecular formula is C16H20N4O. The van der Waals surface area contributed by atoms with E-state index >= 15 is 0 Å². The predicted octanol–water partition coefficient (Wildman–Crippen LogP) is 3.07. The Bertz CT molecular complexity index is 625. The standard InChI is InChI=1S/C16H20N4O/c1-11-18-16(21-19-11)14-7-4-8-17-15(14)20-9-12-5-2-3-6-13(12)10-20/h4,7-8,12-13H,2-3,5-6,9-10H2,1H3/t12-,13+. The van der Waals surface area contributed by atoms with Crippen LogP contribution in [0.4, 0.5) is 5.82 Å². The molecule has 1 aliphatic heterocycles. The van der Waals surface area contributed by atoms with Crippen LogP contribution in [0.3, 0.4) is 0 Å². The maximum Gasteiger partial charge on any atom is 0.261 e. The number of hydrogen-bond acceptors (Lipinski definition) is 5. The van der Waals surface area contributed by atoms with Crippen LogP contribution in [0.5, 0.6) is 0 Å². The van der Waals surface area contributed by atoms with Gasteiger partial charge < -0.3 is 9.42 Å². The summed E-state index contributed by atoms with van der Waals surface area (Å²) < 4.78 is 5.34. The minimum atomic E-state index is 0.575. The molecule has 0 unspecified atom stereocenters.